The van der Waals surface area contributed by atoms with E-state index in [4.69, 9.17) is 9.47 Å². The molecule has 29 heavy (non-hydrogen) atoms. The molecule has 0 bridgehead atoms. The molecule has 1 aromatic rings. The number of hydrogen-bond donors (Lipinski definition) is 0. The van der Waals surface area contributed by atoms with Crippen molar-refractivity contribution in [2.75, 3.05) is 39.9 Å². The lowest BCUT2D eigenvalue weighted by Gasteiger charge is -2.33. The zero-order valence-electron chi connectivity index (χ0n) is 17.8. The second-order valence-electron chi connectivity index (χ2n) is 8.10. The Hall–Kier alpha value is -2.24. The lowest BCUT2D eigenvalue weighted by Crippen LogP contribution is -2.43. The van der Waals surface area contributed by atoms with Crippen LogP contribution >= 0.6 is 0 Å². The van der Waals surface area contributed by atoms with Crippen molar-refractivity contribution in [2.24, 2.45) is 5.92 Å². The highest BCUT2D eigenvalue weighted by Gasteiger charge is 2.28. The van der Waals surface area contributed by atoms with Gasteiger partial charge in [-0.15, -0.1) is 0 Å². The zero-order valence-corrected chi connectivity index (χ0v) is 17.8. The average Bonchev–Trinajstić information content (AvgIpc) is 3.00. The average molecular weight is 403 g/mol. The summed E-state index contributed by atoms with van der Waals surface area (Å²) in [6.45, 7) is 5.66. The van der Waals surface area contributed by atoms with Gasteiger partial charge in [0.25, 0.3) is 0 Å². The summed E-state index contributed by atoms with van der Waals surface area (Å²) < 4.78 is 11.4. The van der Waals surface area contributed by atoms with Crippen LogP contribution in [0, 0.1) is 5.92 Å². The van der Waals surface area contributed by atoms with Crippen LogP contribution in [0.3, 0.4) is 0 Å². The number of hydrogen-bond acceptors (Lipinski definition) is 4. The Kier molecular flexibility index (Phi) is 7.78. The van der Waals surface area contributed by atoms with Gasteiger partial charge in [-0.3, -0.25) is 9.59 Å². The van der Waals surface area contributed by atoms with E-state index in [9.17, 15) is 9.59 Å². The SMILES string of the molecule is CCCCN(C)C(=O)C1CCN(C(=O)CCc2ccc3c(c2)OCCCO3)CC1. The van der Waals surface area contributed by atoms with Crippen molar-refractivity contribution in [2.45, 2.75) is 51.9 Å². The Morgan fingerprint density at radius 1 is 1.14 bits per heavy atom. The summed E-state index contributed by atoms with van der Waals surface area (Å²) in [5.74, 6) is 2.02. The first-order valence-corrected chi connectivity index (χ1v) is 11.0. The number of ether oxygens (including phenoxy) is 2. The van der Waals surface area contributed by atoms with E-state index in [1.54, 1.807) is 0 Å². The molecule has 0 spiro atoms. The summed E-state index contributed by atoms with van der Waals surface area (Å²) in [5.41, 5.74) is 1.09. The van der Waals surface area contributed by atoms with E-state index < -0.39 is 0 Å². The molecule has 0 saturated carbocycles. The smallest absolute Gasteiger partial charge is 0.225 e. The number of benzene rings is 1. The van der Waals surface area contributed by atoms with E-state index in [1.165, 1.54) is 0 Å². The molecule has 0 aliphatic carbocycles. The minimum atomic E-state index is 0.0580. The first-order valence-electron chi connectivity index (χ1n) is 11.0. The molecular weight excluding hydrogens is 368 g/mol. The minimum Gasteiger partial charge on any atom is -0.490 e. The van der Waals surface area contributed by atoms with Gasteiger partial charge in [0.05, 0.1) is 13.2 Å². The van der Waals surface area contributed by atoms with Crippen molar-refractivity contribution in [3.05, 3.63) is 23.8 Å². The van der Waals surface area contributed by atoms with Crippen LogP contribution in [0.2, 0.25) is 0 Å². The third-order valence-electron chi connectivity index (χ3n) is 5.86. The number of amides is 2. The number of carbonyl (C=O) groups is 2. The molecule has 2 heterocycles. The van der Waals surface area contributed by atoms with Gasteiger partial charge in [-0.25, -0.2) is 0 Å². The highest BCUT2D eigenvalue weighted by Crippen LogP contribution is 2.31. The Bertz CT molecular complexity index is 698. The van der Waals surface area contributed by atoms with E-state index in [2.05, 4.69) is 6.92 Å². The molecule has 0 radical (unpaired) electrons. The molecule has 1 saturated heterocycles. The molecule has 1 fully saturated rings. The van der Waals surface area contributed by atoms with Crippen LogP contribution in [-0.4, -0.2) is 61.5 Å². The Labute approximate surface area is 174 Å². The van der Waals surface area contributed by atoms with E-state index >= 15 is 0 Å². The predicted molar refractivity (Wildman–Crippen MR) is 112 cm³/mol. The first-order chi connectivity index (χ1) is 14.1. The standard InChI is InChI=1S/C23H34N2O4/c1-3-4-12-24(2)23(27)19-10-13-25(14-11-19)22(26)9-7-18-6-8-20-21(17-18)29-16-5-15-28-20/h6,8,17,19H,3-5,7,9-16H2,1-2H3. The van der Waals surface area contributed by atoms with Crippen molar-refractivity contribution in [1.29, 1.82) is 0 Å². The normalized spacial score (nSPS) is 17.0. The molecular formula is C23H34N2O4. The van der Waals surface area contributed by atoms with Gasteiger partial charge >= 0.3 is 0 Å². The summed E-state index contributed by atoms with van der Waals surface area (Å²) in [7, 11) is 1.89. The van der Waals surface area contributed by atoms with Crippen LogP contribution in [0.25, 0.3) is 0 Å². The number of unbranched alkanes of at least 4 members (excludes halogenated alkanes) is 1. The van der Waals surface area contributed by atoms with Crippen molar-refractivity contribution >= 4 is 11.8 Å². The maximum Gasteiger partial charge on any atom is 0.225 e. The summed E-state index contributed by atoms with van der Waals surface area (Å²) in [4.78, 5) is 28.9. The molecule has 0 unspecified atom stereocenters. The van der Waals surface area contributed by atoms with Gasteiger partial charge in [-0.2, -0.15) is 0 Å². The maximum absolute atomic E-state index is 12.6. The minimum absolute atomic E-state index is 0.0580. The van der Waals surface area contributed by atoms with Crippen LogP contribution in [0.5, 0.6) is 11.5 Å². The lowest BCUT2D eigenvalue weighted by atomic mass is 9.95. The van der Waals surface area contributed by atoms with Crippen LogP contribution < -0.4 is 9.47 Å². The van der Waals surface area contributed by atoms with Crippen LogP contribution in [0.4, 0.5) is 0 Å². The summed E-state index contributed by atoms with van der Waals surface area (Å²) in [6, 6.07) is 5.94. The number of rotatable bonds is 7. The molecule has 2 aliphatic rings. The Morgan fingerprint density at radius 2 is 1.86 bits per heavy atom. The third kappa shape index (κ3) is 5.87. The van der Waals surface area contributed by atoms with Crippen LogP contribution in [0.15, 0.2) is 18.2 Å². The largest absolute Gasteiger partial charge is 0.490 e. The summed E-state index contributed by atoms with van der Waals surface area (Å²) in [6.07, 6.45) is 5.72. The number of fused-ring (bicyclic) bond motifs is 1. The van der Waals surface area contributed by atoms with Gasteiger partial charge in [0.1, 0.15) is 0 Å². The van der Waals surface area contributed by atoms with E-state index in [0.717, 1.165) is 55.7 Å². The second-order valence-corrected chi connectivity index (χ2v) is 8.10. The van der Waals surface area contributed by atoms with Crippen molar-refractivity contribution in [1.82, 2.24) is 9.80 Å². The fourth-order valence-electron chi connectivity index (χ4n) is 3.97. The van der Waals surface area contributed by atoms with Gasteiger partial charge in [0.2, 0.25) is 11.8 Å². The predicted octanol–water partition coefficient (Wildman–Crippen LogP) is 3.28. The second kappa shape index (κ2) is 10.5. The fraction of sp³-hybridized carbons (Fsp3) is 0.652. The van der Waals surface area contributed by atoms with Gasteiger partial charge in [0.15, 0.2) is 11.5 Å². The van der Waals surface area contributed by atoms with E-state index in [1.807, 2.05) is 35.0 Å². The Balaban J connectivity index is 1.44. The molecule has 160 valence electrons. The number of nitrogens with zero attached hydrogens (tertiary/aromatic N) is 2. The number of carbonyl (C=O) groups excluding carboxylic acids is 2. The topological polar surface area (TPSA) is 59.1 Å². The van der Waals surface area contributed by atoms with E-state index in [0.29, 0.717) is 39.1 Å². The van der Waals surface area contributed by atoms with Crippen molar-refractivity contribution in [3.8, 4) is 11.5 Å². The van der Waals surface area contributed by atoms with Crippen LogP contribution in [-0.2, 0) is 16.0 Å². The highest BCUT2D eigenvalue weighted by atomic mass is 16.5. The van der Waals surface area contributed by atoms with Crippen LogP contribution in [0.1, 0.15) is 51.0 Å². The van der Waals surface area contributed by atoms with Gasteiger partial charge < -0.3 is 19.3 Å². The molecule has 3 rings (SSSR count). The monoisotopic (exact) mass is 402 g/mol. The molecule has 0 atom stereocenters. The molecule has 0 N–H and O–H groups in total. The first kappa shape index (κ1) is 21.5. The fourth-order valence-corrected chi connectivity index (χ4v) is 3.97. The van der Waals surface area contributed by atoms with Gasteiger partial charge in [-0.05, 0) is 43.4 Å². The zero-order chi connectivity index (χ0) is 20.6. The molecule has 1 aromatic carbocycles. The highest BCUT2D eigenvalue weighted by molar-refractivity contribution is 5.80. The molecule has 2 amide bonds. The Morgan fingerprint density at radius 3 is 2.59 bits per heavy atom. The molecule has 2 aliphatic heterocycles. The van der Waals surface area contributed by atoms with Crippen molar-refractivity contribution in [3.63, 3.8) is 0 Å². The number of likely N-dealkylation sites (tertiary alicyclic amines) is 1. The lowest BCUT2D eigenvalue weighted by molar-refractivity contribution is -0.139. The maximum atomic E-state index is 12.6. The number of piperidine rings is 1. The van der Waals surface area contributed by atoms with Gasteiger partial charge in [0, 0.05) is 45.4 Å². The van der Waals surface area contributed by atoms with Gasteiger partial charge in [-0.1, -0.05) is 19.4 Å². The van der Waals surface area contributed by atoms with Crippen molar-refractivity contribution < 1.29 is 19.1 Å². The third-order valence-corrected chi connectivity index (χ3v) is 5.86. The number of aryl methyl sites for hydroxylation is 1. The van der Waals surface area contributed by atoms with E-state index in [-0.39, 0.29) is 17.7 Å². The molecule has 6 nitrogen and oxygen atoms in total. The molecule has 0 aromatic heterocycles. The quantitative estimate of drug-likeness (QED) is 0.702. The molecule has 6 heteroatoms. The summed E-state index contributed by atoms with van der Waals surface area (Å²) >= 11 is 0. The summed E-state index contributed by atoms with van der Waals surface area (Å²) in [5, 5.41) is 0.